The van der Waals surface area contributed by atoms with Crippen LogP contribution < -0.4 is 0 Å². The summed E-state index contributed by atoms with van der Waals surface area (Å²) in [5.41, 5.74) is 1.45. The molecule has 2 nitrogen and oxygen atoms in total. The SMILES string of the molecule is C[CH-]C.N#Cc1ccc2cc[c-]nc2c1.[Y]. The van der Waals surface area contributed by atoms with Gasteiger partial charge in [-0.1, -0.05) is 18.3 Å². The average Bonchev–Trinajstić information content (AvgIpc) is 2.29. The molecule has 0 aliphatic carbocycles. The van der Waals surface area contributed by atoms with Gasteiger partial charge in [0.1, 0.15) is 0 Å². The summed E-state index contributed by atoms with van der Waals surface area (Å²) < 4.78 is 0. The van der Waals surface area contributed by atoms with Crippen molar-refractivity contribution in [1.82, 2.24) is 4.98 Å². The maximum atomic E-state index is 8.61. The zero-order valence-electron chi connectivity index (χ0n) is 9.44. The van der Waals surface area contributed by atoms with Crippen molar-refractivity contribution in [2.24, 2.45) is 0 Å². The fraction of sp³-hybridized carbons (Fsp3) is 0.154. The van der Waals surface area contributed by atoms with E-state index in [2.05, 4.69) is 17.3 Å². The maximum Gasteiger partial charge on any atom is 0.0981 e. The van der Waals surface area contributed by atoms with E-state index in [1.165, 1.54) is 0 Å². The predicted octanol–water partition coefficient (Wildman–Crippen LogP) is 3.13. The summed E-state index contributed by atoms with van der Waals surface area (Å²) in [5.74, 6) is 0. The number of aromatic nitrogens is 1. The van der Waals surface area contributed by atoms with Crippen LogP contribution in [0.4, 0.5) is 0 Å². The van der Waals surface area contributed by atoms with Gasteiger partial charge in [0.2, 0.25) is 0 Å². The van der Waals surface area contributed by atoms with E-state index in [4.69, 9.17) is 5.26 Å². The minimum atomic E-state index is 0. The minimum absolute atomic E-state index is 0. The number of pyridine rings is 1. The number of benzene rings is 1. The Hall–Kier alpha value is -0.776. The zero-order chi connectivity index (χ0) is 11.1. The molecule has 3 heteroatoms. The number of fused-ring (bicyclic) bond motifs is 1. The van der Waals surface area contributed by atoms with Crippen LogP contribution >= 0.6 is 0 Å². The van der Waals surface area contributed by atoms with Gasteiger partial charge >= 0.3 is 0 Å². The molecule has 0 amide bonds. The van der Waals surface area contributed by atoms with Crippen LogP contribution in [0, 0.1) is 23.9 Å². The predicted molar refractivity (Wildman–Crippen MR) is 60.9 cm³/mol. The Balaban J connectivity index is 0.000000511. The van der Waals surface area contributed by atoms with E-state index in [1.807, 2.05) is 32.4 Å². The van der Waals surface area contributed by atoms with Crippen LogP contribution in [-0.4, -0.2) is 4.98 Å². The number of rotatable bonds is 0. The molecule has 0 fully saturated rings. The summed E-state index contributed by atoms with van der Waals surface area (Å²) in [4.78, 5) is 4.01. The second-order valence-electron chi connectivity index (χ2n) is 3.04. The minimum Gasteiger partial charge on any atom is -0.386 e. The van der Waals surface area contributed by atoms with Gasteiger partial charge in [0, 0.05) is 38.3 Å². The van der Waals surface area contributed by atoms with E-state index in [9.17, 15) is 0 Å². The van der Waals surface area contributed by atoms with Gasteiger partial charge in [-0.2, -0.15) is 31.2 Å². The third-order valence-electron chi connectivity index (χ3n) is 1.68. The Morgan fingerprint density at radius 3 is 2.62 bits per heavy atom. The first-order valence-electron chi connectivity index (χ1n) is 4.72. The third kappa shape index (κ3) is 4.39. The van der Waals surface area contributed by atoms with Crippen molar-refractivity contribution in [3.63, 3.8) is 0 Å². The van der Waals surface area contributed by atoms with Gasteiger partial charge in [-0.05, 0) is 11.6 Å². The summed E-state index contributed by atoms with van der Waals surface area (Å²) in [7, 11) is 0. The molecule has 0 saturated heterocycles. The summed E-state index contributed by atoms with van der Waals surface area (Å²) in [6.45, 7) is 4.00. The fourth-order valence-corrected chi connectivity index (χ4v) is 1.08. The summed E-state index contributed by atoms with van der Waals surface area (Å²) in [6, 6.07) is 11.2. The van der Waals surface area contributed by atoms with E-state index in [1.54, 1.807) is 18.2 Å². The molecule has 79 valence electrons. The summed E-state index contributed by atoms with van der Waals surface area (Å²) >= 11 is 0. The molecule has 0 spiro atoms. The fourth-order valence-electron chi connectivity index (χ4n) is 1.08. The van der Waals surface area contributed by atoms with E-state index in [-0.39, 0.29) is 32.7 Å². The molecule has 2 rings (SSSR count). The first-order chi connectivity index (χ1) is 7.31. The van der Waals surface area contributed by atoms with Crippen LogP contribution in [0.3, 0.4) is 0 Å². The van der Waals surface area contributed by atoms with Crippen LogP contribution in [0.5, 0.6) is 0 Å². The Morgan fingerprint density at radius 1 is 1.31 bits per heavy atom. The average molecular weight is 285 g/mol. The number of nitrogens with zero attached hydrogens (tertiary/aromatic N) is 2. The standard InChI is InChI=1S/C10H5N2.C3H7.Y/c11-7-8-3-4-9-2-1-5-12-10(9)6-8;1-3-2;/h1-4,6H;3H,1-2H3;/q2*-1;. The molecule has 0 unspecified atom stereocenters. The van der Waals surface area contributed by atoms with Crippen LogP contribution in [0.15, 0.2) is 30.3 Å². The molecule has 1 heterocycles. The second-order valence-corrected chi connectivity index (χ2v) is 3.04. The van der Waals surface area contributed by atoms with Crippen molar-refractivity contribution in [3.8, 4) is 6.07 Å². The smallest absolute Gasteiger partial charge is 0.0981 e. The molecule has 0 atom stereocenters. The molecule has 1 radical (unpaired) electrons. The zero-order valence-corrected chi connectivity index (χ0v) is 12.3. The van der Waals surface area contributed by atoms with E-state index in [0.717, 1.165) is 10.9 Å². The first-order valence-corrected chi connectivity index (χ1v) is 4.72. The molecule has 0 saturated carbocycles. The van der Waals surface area contributed by atoms with Crippen molar-refractivity contribution in [3.05, 3.63) is 48.5 Å². The van der Waals surface area contributed by atoms with Crippen molar-refractivity contribution >= 4 is 10.9 Å². The number of hydrogen-bond donors (Lipinski definition) is 0. The molecule has 1 aromatic carbocycles. The van der Waals surface area contributed by atoms with Crippen molar-refractivity contribution in [1.29, 1.82) is 5.26 Å². The van der Waals surface area contributed by atoms with Crippen LogP contribution in [-0.2, 0) is 32.7 Å². The third-order valence-corrected chi connectivity index (χ3v) is 1.68. The van der Waals surface area contributed by atoms with Gasteiger partial charge in [0.05, 0.1) is 6.07 Å². The topological polar surface area (TPSA) is 36.7 Å². The van der Waals surface area contributed by atoms with Gasteiger partial charge < -0.3 is 11.4 Å². The van der Waals surface area contributed by atoms with Crippen molar-refractivity contribution in [2.45, 2.75) is 13.8 Å². The Morgan fingerprint density at radius 2 is 2.00 bits per heavy atom. The quantitative estimate of drug-likeness (QED) is 0.697. The largest absolute Gasteiger partial charge is 0.386 e. The van der Waals surface area contributed by atoms with Gasteiger partial charge in [0.25, 0.3) is 0 Å². The molecule has 0 aliphatic rings. The molecule has 0 bridgehead atoms. The van der Waals surface area contributed by atoms with Crippen molar-refractivity contribution < 1.29 is 32.7 Å². The van der Waals surface area contributed by atoms with Gasteiger partial charge in [-0.3, -0.25) is 0 Å². The number of hydrogen-bond acceptors (Lipinski definition) is 2. The number of nitriles is 1. The van der Waals surface area contributed by atoms with Gasteiger partial charge in [0.15, 0.2) is 0 Å². The molecular weight excluding hydrogens is 273 g/mol. The second kappa shape index (κ2) is 8.38. The van der Waals surface area contributed by atoms with Crippen LogP contribution in [0.2, 0.25) is 0 Å². The van der Waals surface area contributed by atoms with Crippen LogP contribution in [0.25, 0.3) is 10.9 Å². The molecule has 0 N–H and O–H groups in total. The Kier molecular flexibility index (Phi) is 7.98. The van der Waals surface area contributed by atoms with E-state index < -0.39 is 0 Å². The van der Waals surface area contributed by atoms with Gasteiger partial charge in [-0.15, -0.1) is 5.39 Å². The molecule has 0 aliphatic heterocycles. The normalized spacial score (nSPS) is 8.31. The van der Waals surface area contributed by atoms with Crippen LogP contribution in [0.1, 0.15) is 19.4 Å². The Labute approximate surface area is 122 Å². The maximum absolute atomic E-state index is 8.61. The Bertz CT molecular complexity index is 475. The van der Waals surface area contributed by atoms with Crippen molar-refractivity contribution in [2.75, 3.05) is 0 Å². The van der Waals surface area contributed by atoms with Gasteiger partial charge in [-0.25, -0.2) is 0 Å². The molecule has 16 heavy (non-hydrogen) atoms. The summed E-state index contributed by atoms with van der Waals surface area (Å²) in [6.07, 6.45) is 4.73. The summed E-state index contributed by atoms with van der Waals surface area (Å²) in [5, 5.41) is 9.64. The molecule has 1 aromatic heterocycles. The van der Waals surface area contributed by atoms with E-state index in [0.29, 0.717) is 5.56 Å². The molecular formula is C13H12N2Y-2. The molecule has 2 aromatic rings. The first kappa shape index (κ1) is 15.2. The van der Waals surface area contributed by atoms with E-state index >= 15 is 0 Å². The monoisotopic (exact) mass is 285 g/mol.